The summed E-state index contributed by atoms with van der Waals surface area (Å²) in [6.45, 7) is 4.05. The predicted octanol–water partition coefficient (Wildman–Crippen LogP) is 4.61. The van der Waals surface area contributed by atoms with Gasteiger partial charge in [0.2, 0.25) is 5.91 Å². The van der Waals surface area contributed by atoms with Crippen molar-refractivity contribution in [2.24, 2.45) is 0 Å². The van der Waals surface area contributed by atoms with Gasteiger partial charge in [-0.15, -0.1) is 10.2 Å². The first-order valence-electron chi connectivity index (χ1n) is 10.1. The molecule has 0 spiro atoms. The molecule has 29 heavy (non-hydrogen) atoms. The minimum Gasteiger partial charge on any atom is -0.469 e. The highest BCUT2D eigenvalue weighted by atomic mass is 32.2. The molecule has 1 saturated carbocycles. The van der Waals surface area contributed by atoms with Gasteiger partial charge in [-0.2, -0.15) is 0 Å². The summed E-state index contributed by atoms with van der Waals surface area (Å²) in [6.07, 6.45) is 6.24. The summed E-state index contributed by atoms with van der Waals surface area (Å²) in [4.78, 5) is 12.4. The SMILES string of the molecule is Cc1occc1-c1nnc(SCC(=O)NC2CCCC2)n1[C@@H](C)c1ccccc1. The summed E-state index contributed by atoms with van der Waals surface area (Å²) >= 11 is 1.43. The maximum Gasteiger partial charge on any atom is 0.230 e. The molecule has 0 unspecified atom stereocenters. The largest absolute Gasteiger partial charge is 0.469 e. The number of nitrogens with zero attached hydrogens (tertiary/aromatic N) is 3. The van der Waals surface area contributed by atoms with Gasteiger partial charge in [-0.25, -0.2) is 0 Å². The van der Waals surface area contributed by atoms with Crippen LogP contribution in [0.3, 0.4) is 0 Å². The number of benzene rings is 1. The zero-order chi connectivity index (χ0) is 20.2. The van der Waals surface area contributed by atoms with Crippen LogP contribution >= 0.6 is 11.8 Å². The third-order valence-corrected chi connectivity index (χ3v) is 6.43. The molecule has 0 aliphatic heterocycles. The number of carbonyl (C=O) groups is 1. The van der Waals surface area contributed by atoms with E-state index in [0.717, 1.165) is 40.7 Å². The van der Waals surface area contributed by atoms with Crippen molar-refractivity contribution in [2.45, 2.75) is 56.8 Å². The van der Waals surface area contributed by atoms with E-state index in [2.05, 4.69) is 39.1 Å². The van der Waals surface area contributed by atoms with Crippen LogP contribution in [0.4, 0.5) is 0 Å². The molecule has 0 saturated heterocycles. The van der Waals surface area contributed by atoms with Gasteiger partial charge in [0.25, 0.3) is 0 Å². The maximum absolute atomic E-state index is 12.4. The molecule has 1 fully saturated rings. The van der Waals surface area contributed by atoms with Crippen LogP contribution in [0.2, 0.25) is 0 Å². The molecule has 1 aliphatic carbocycles. The Kier molecular flexibility index (Phi) is 6.04. The third-order valence-electron chi connectivity index (χ3n) is 5.49. The molecule has 7 heteroatoms. The molecule has 1 N–H and O–H groups in total. The smallest absolute Gasteiger partial charge is 0.230 e. The molecule has 6 nitrogen and oxygen atoms in total. The minimum atomic E-state index is 0.0240. The van der Waals surface area contributed by atoms with Crippen LogP contribution in [-0.4, -0.2) is 32.5 Å². The fourth-order valence-electron chi connectivity index (χ4n) is 3.88. The summed E-state index contributed by atoms with van der Waals surface area (Å²) in [6, 6.07) is 12.5. The van der Waals surface area contributed by atoms with E-state index in [1.807, 2.05) is 31.2 Å². The number of rotatable bonds is 7. The Labute approximate surface area is 175 Å². The fraction of sp³-hybridized carbons (Fsp3) is 0.409. The van der Waals surface area contributed by atoms with Crippen LogP contribution < -0.4 is 5.32 Å². The van der Waals surface area contributed by atoms with Crippen molar-refractivity contribution in [1.82, 2.24) is 20.1 Å². The van der Waals surface area contributed by atoms with Crippen molar-refractivity contribution in [1.29, 1.82) is 0 Å². The highest BCUT2D eigenvalue weighted by Crippen LogP contribution is 2.32. The van der Waals surface area contributed by atoms with Gasteiger partial charge in [0.1, 0.15) is 5.76 Å². The lowest BCUT2D eigenvalue weighted by Gasteiger charge is -2.18. The summed E-state index contributed by atoms with van der Waals surface area (Å²) < 4.78 is 7.59. The minimum absolute atomic E-state index is 0.0240. The number of nitrogens with one attached hydrogen (secondary N) is 1. The quantitative estimate of drug-likeness (QED) is 0.576. The lowest BCUT2D eigenvalue weighted by molar-refractivity contribution is -0.119. The molecule has 1 atom stereocenters. The number of aryl methyl sites for hydroxylation is 1. The van der Waals surface area contributed by atoms with Gasteiger partial charge in [0.15, 0.2) is 11.0 Å². The average Bonchev–Trinajstić information content (AvgIpc) is 3.47. The van der Waals surface area contributed by atoms with E-state index in [0.29, 0.717) is 11.8 Å². The van der Waals surface area contributed by atoms with Crippen LogP contribution in [0.1, 0.15) is 50.0 Å². The van der Waals surface area contributed by atoms with E-state index >= 15 is 0 Å². The van der Waals surface area contributed by atoms with Gasteiger partial charge in [-0.05, 0) is 38.3 Å². The Morgan fingerprint density at radius 3 is 2.69 bits per heavy atom. The zero-order valence-electron chi connectivity index (χ0n) is 16.8. The second kappa shape index (κ2) is 8.86. The summed E-state index contributed by atoms with van der Waals surface area (Å²) in [5.41, 5.74) is 2.08. The zero-order valence-corrected chi connectivity index (χ0v) is 17.6. The van der Waals surface area contributed by atoms with Crippen molar-refractivity contribution in [2.75, 3.05) is 5.75 Å². The first kappa shape index (κ1) is 19.8. The molecule has 0 radical (unpaired) electrons. The number of carbonyl (C=O) groups excluding carboxylic acids is 1. The number of furan rings is 1. The molecular weight excluding hydrogens is 384 g/mol. The van der Waals surface area contributed by atoms with Crippen molar-refractivity contribution in [3.05, 3.63) is 54.0 Å². The van der Waals surface area contributed by atoms with Crippen LogP contribution in [0.15, 0.2) is 52.2 Å². The summed E-state index contributed by atoms with van der Waals surface area (Å²) in [5.74, 6) is 1.95. The number of amides is 1. The molecule has 152 valence electrons. The van der Waals surface area contributed by atoms with Gasteiger partial charge in [-0.3, -0.25) is 9.36 Å². The Balaban J connectivity index is 1.59. The molecule has 1 aliphatic rings. The highest BCUT2D eigenvalue weighted by molar-refractivity contribution is 7.99. The van der Waals surface area contributed by atoms with Crippen molar-refractivity contribution >= 4 is 17.7 Å². The molecular formula is C22H26N4O2S. The topological polar surface area (TPSA) is 72.9 Å². The van der Waals surface area contributed by atoms with Crippen LogP contribution in [0.5, 0.6) is 0 Å². The maximum atomic E-state index is 12.4. The monoisotopic (exact) mass is 410 g/mol. The van der Waals surface area contributed by atoms with Crippen LogP contribution in [0, 0.1) is 6.92 Å². The molecule has 2 aromatic heterocycles. The normalized spacial score (nSPS) is 15.5. The predicted molar refractivity (Wildman–Crippen MR) is 114 cm³/mol. The van der Waals surface area contributed by atoms with Gasteiger partial charge in [0.05, 0.1) is 23.6 Å². The molecule has 1 amide bonds. The average molecular weight is 411 g/mol. The van der Waals surface area contributed by atoms with Gasteiger partial charge >= 0.3 is 0 Å². The number of thioether (sulfide) groups is 1. The Morgan fingerprint density at radius 1 is 1.24 bits per heavy atom. The third kappa shape index (κ3) is 4.40. The number of hydrogen-bond acceptors (Lipinski definition) is 5. The first-order chi connectivity index (χ1) is 14.1. The summed E-state index contributed by atoms with van der Waals surface area (Å²) in [5, 5.41) is 12.7. The Bertz CT molecular complexity index is 960. The second-order valence-corrected chi connectivity index (χ2v) is 8.43. The van der Waals surface area contributed by atoms with Crippen LogP contribution in [-0.2, 0) is 4.79 Å². The van der Waals surface area contributed by atoms with E-state index in [1.54, 1.807) is 6.26 Å². The van der Waals surface area contributed by atoms with Gasteiger partial charge in [0, 0.05) is 6.04 Å². The summed E-state index contributed by atoms with van der Waals surface area (Å²) in [7, 11) is 0. The van der Waals surface area contributed by atoms with Crippen LogP contribution in [0.25, 0.3) is 11.4 Å². The van der Waals surface area contributed by atoms with Crippen molar-refractivity contribution < 1.29 is 9.21 Å². The second-order valence-electron chi connectivity index (χ2n) is 7.49. The first-order valence-corrected chi connectivity index (χ1v) is 11.1. The van der Waals surface area contributed by atoms with E-state index in [-0.39, 0.29) is 11.9 Å². The molecule has 4 rings (SSSR count). The Morgan fingerprint density at radius 2 is 2.00 bits per heavy atom. The van der Waals surface area contributed by atoms with Crippen molar-refractivity contribution in [3.8, 4) is 11.4 Å². The van der Waals surface area contributed by atoms with Crippen molar-refractivity contribution in [3.63, 3.8) is 0 Å². The van der Waals surface area contributed by atoms with E-state index < -0.39 is 0 Å². The van der Waals surface area contributed by atoms with Gasteiger partial charge < -0.3 is 9.73 Å². The number of hydrogen-bond donors (Lipinski definition) is 1. The molecule has 2 heterocycles. The number of aromatic nitrogens is 3. The standard InChI is InChI=1S/C22H26N4O2S/c1-15(17-8-4-3-5-9-17)26-21(19-12-13-28-16(19)2)24-25-22(26)29-14-20(27)23-18-10-6-7-11-18/h3-5,8-9,12-13,15,18H,6-7,10-11,14H2,1-2H3,(H,23,27)/t15-/m0/s1. The molecule has 1 aromatic carbocycles. The fourth-order valence-corrected chi connectivity index (χ4v) is 4.70. The molecule has 3 aromatic rings. The van der Waals surface area contributed by atoms with Gasteiger partial charge in [-0.1, -0.05) is 54.9 Å². The molecule has 0 bridgehead atoms. The van der Waals surface area contributed by atoms with E-state index in [4.69, 9.17) is 4.42 Å². The Hall–Kier alpha value is -2.54. The highest BCUT2D eigenvalue weighted by Gasteiger charge is 2.23. The lowest BCUT2D eigenvalue weighted by atomic mass is 10.1. The lowest BCUT2D eigenvalue weighted by Crippen LogP contribution is -2.33. The van der Waals surface area contributed by atoms with E-state index in [9.17, 15) is 4.79 Å². The van der Waals surface area contributed by atoms with E-state index in [1.165, 1.54) is 24.6 Å².